The van der Waals surface area contributed by atoms with Gasteiger partial charge in [0.2, 0.25) is 15.9 Å². The molecule has 1 amide bonds. The second-order valence-electron chi connectivity index (χ2n) is 9.40. The SMILES string of the molecule is CC(=N)[C@@H]1CCCN1C(=O)CNC12CCC(NS(=O)(=O)c3ccc(F)cc3)(CC1)CC2. The first-order valence-electron chi connectivity index (χ1n) is 11.0. The van der Waals surface area contributed by atoms with Crippen molar-refractivity contribution in [3.63, 3.8) is 0 Å². The fourth-order valence-corrected chi connectivity index (χ4v) is 6.93. The number of fused-ring (bicyclic) bond motifs is 3. The van der Waals surface area contributed by atoms with Crippen LogP contribution in [-0.4, -0.2) is 55.1 Å². The molecule has 0 unspecified atom stereocenters. The molecule has 0 spiro atoms. The molecule has 31 heavy (non-hydrogen) atoms. The normalized spacial score (nSPS) is 30.5. The van der Waals surface area contributed by atoms with E-state index in [1.54, 1.807) is 6.92 Å². The van der Waals surface area contributed by atoms with Crippen LogP contribution in [0.2, 0.25) is 0 Å². The minimum atomic E-state index is -3.71. The number of carbonyl (C=O) groups excluding carboxylic acids is 1. The number of nitrogens with one attached hydrogen (secondary N) is 3. The van der Waals surface area contributed by atoms with Crippen LogP contribution in [0.15, 0.2) is 29.2 Å². The van der Waals surface area contributed by atoms with Gasteiger partial charge < -0.3 is 15.6 Å². The number of halogens is 1. The molecule has 3 N–H and O–H groups in total. The van der Waals surface area contributed by atoms with E-state index >= 15 is 0 Å². The molecule has 4 fully saturated rings. The third kappa shape index (κ3) is 4.54. The Morgan fingerprint density at radius 1 is 1.13 bits per heavy atom. The van der Waals surface area contributed by atoms with Gasteiger partial charge in [0, 0.05) is 23.3 Å². The van der Waals surface area contributed by atoms with E-state index in [0.717, 1.165) is 44.2 Å². The quantitative estimate of drug-likeness (QED) is 0.556. The first-order valence-corrected chi connectivity index (χ1v) is 12.5. The van der Waals surface area contributed by atoms with Crippen LogP contribution in [0.5, 0.6) is 0 Å². The number of likely N-dealkylation sites (tertiary alicyclic amines) is 1. The largest absolute Gasteiger partial charge is 0.333 e. The summed E-state index contributed by atoms with van der Waals surface area (Å²) in [5.41, 5.74) is -0.0661. The van der Waals surface area contributed by atoms with Gasteiger partial charge in [-0.3, -0.25) is 4.79 Å². The Morgan fingerprint density at radius 2 is 1.71 bits per heavy atom. The van der Waals surface area contributed by atoms with Crippen LogP contribution in [-0.2, 0) is 14.8 Å². The second-order valence-corrected chi connectivity index (χ2v) is 11.1. The van der Waals surface area contributed by atoms with Gasteiger partial charge in [-0.2, -0.15) is 0 Å². The molecule has 1 saturated heterocycles. The topological polar surface area (TPSA) is 102 Å². The minimum absolute atomic E-state index is 0.0443. The Bertz CT molecular complexity index is 939. The minimum Gasteiger partial charge on any atom is -0.333 e. The van der Waals surface area contributed by atoms with Gasteiger partial charge in [-0.1, -0.05) is 0 Å². The zero-order valence-electron chi connectivity index (χ0n) is 17.9. The van der Waals surface area contributed by atoms with Crippen LogP contribution in [0.4, 0.5) is 4.39 Å². The monoisotopic (exact) mass is 450 g/mol. The lowest BCUT2D eigenvalue weighted by atomic mass is 9.62. The smallest absolute Gasteiger partial charge is 0.241 e. The zero-order chi connectivity index (χ0) is 22.3. The van der Waals surface area contributed by atoms with Crippen molar-refractivity contribution in [2.45, 2.75) is 80.3 Å². The standard InChI is InChI=1S/C22H31FN4O3S/c1-16(24)19-3-2-14-27(19)20(28)15-25-21-8-11-22(12-9-21,13-10-21)26-31(29,30)18-6-4-17(23)5-7-18/h4-7,19,24-26H,2-3,8-15H2,1H3/t19-,21?,22?/m0/s1. The molecule has 1 aromatic rings. The Labute approximate surface area is 183 Å². The van der Waals surface area contributed by atoms with Gasteiger partial charge in [-0.05, 0) is 82.6 Å². The first-order chi connectivity index (χ1) is 14.6. The highest BCUT2D eigenvalue weighted by Crippen LogP contribution is 2.47. The number of nitrogens with zero attached hydrogens (tertiary/aromatic N) is 1. The molecular weight excluding hydrogens is 419 g/mol. The summed E-state index contributed by atoms with van der Waals surface area (Å²) in [6.45, 7) is 2.73. The fraction of sp³-hybridized carbons (Fsp3) is 0.636. The molecule has 4 aliphatic rings. The van der Waals surface area contributed by atoms with Gasteiger partial charge in [-0.25, -0.2) is 17.5 Å². The highest BCUT2D eigenvalue weighted by Gasteiger charge is 2.50. The molecule has 7 nitrogen and oxygen atoms in total. The lowest BCUT2D eigenvalue weighted by Crippen LogP contribution is -2.63. The fourth-order valence-electron chi connectivity index (χ4n) is 5.44. The Morgan fingerprint density at radius 3 is 2.29 bits per heavy atom. The molecule has 2 bridgehead atoms. The van der Waals surface area contributed by atoms with Crippen molar-refractivity contribution in [1.82, 2.24) is 14.9 Å². The molecule has 1 aliphatic heterocycles. The van der Waals surface area contributed by atoms with Gasteiger partial charge in [-0.15, -0.1) is 0 Å². The van der Waals surface area contributed by atoms with Gasteiger partial charge in [0.25, 0.3) is 0 Å². The van der Waals surface area contributed by atoms with Crippen LogP contribution in [0, 0.1) is 11.2 Å². The van der Waals surface area contributed by atoms with Crippen LogP contribution in [0.1, 0.15) is 58.3 Å². The van der Waals surface area contributed by atoms with Crippen LogP contribution in [0.3, 0.4) is 0 Å². The number of hydrogen-bond acceptors (Lipinski definition) is 5. The number of carbonyl (C=O) groups is 1. The molecule has 9 heteroatoms. The summed E-state index contributed by atoms with van der Waals surface area (Å²) in [4.78, 5) is 14.7. The van der Waals surface area contributed by atoms with Crippen molar-refractivity contribution in [3.8, 4) is 0 Å². The van der Waals surface area contributed by atoms with E-state index in [0.29, 0.717) is 31.5 Å². The average Bonchev–Trinajstić information content (AvgIpc) is 3.24. The molecular formula is C22H31FN4O3S. The zero-order valence-corrected chi connectivity index (χ0v) is 18.7. The molecule has 5 rings (SSSR count). The van der Waals surface area contributed by atoms with Gasteiger partial charge in [0.1, 0.15) is 5.82 Å². The Hall–Kier alpha value is -1.84. The Balaban J connectivity index is 1.35. The molecule has 1 heterocycles. The number of hydrogen-bond donors (Lipinski definition) is 3. The summed E-state index contributed by atoms with van der Waals surface area (Å²) in [6.07, 6.45) is 6.34. The number of amides is 1. The van der Waals surface area contributed by atoms with Crippen molar-refractivity contribution < 1.29 is 17.6 Å². The summed E-state index contributed by atoms with van der Waals surface area (Å²) in [7, 11) is -3.71. The van der Waals surface area contributed by atoms with E-state index in [9.17, 15) is 17.6 Å². The molecule has 3 saturated carbocycles. The first kappa shape index (κ1) is 22.4. The van der Waals surface area contributed by atoms with Crippen LogP contribution in [0.25, 0.3) is 0 Å². The number of rotatable bonds is 7. The van der Waals surface area contributed by atoms with Crippen molar-refractivity contribution in [2.24, 2.45) is 0 Å². The summed E-state index contributed by atoms with van der Waals surface area (Å²) in [6, 6.07) is 4.83. The van der Waals surface area contributed by atoms with Crippen LogP contribution >= 0.6 is 0 Å². The maximum Gasteiger partial charge on any atom is 0.241 e. The predicted molar refractivity (Wildman–Crippen MR) is 116 cm³/mol. The third-order valence-electron chi connectivity index (χ3n) is 7.41. The summed E-state index contributed by atoms with van der Waals surface area (Å²) >= 11 is 0. The lowest BCUT2D eigenvalue weighted by Gasteiger charge is -2.53. The summed E-state index contributed by atoms with van der Waals surface area (Å²) in [5, 5.41) is 11.4. The maximum absolute atomic E-state index is 13.2. The molecule has 0 aromatic heterocycles. The Kier molecular flexibility index (Phi) is 5.95. The van der Waals surface area contributed by atoms with E-state index in [4.69, 9.17) is 5.41 Å². The summed E-state index contributed by atoms with van der Waals surface area (Å²) < 4.78 is 41.7. The van der Waals surface area contributed by atoms with Gasteiger partial charge >= 0.3 is 0 Å². The molecule has 1 atom stereocenters. The van der Waals surface area contributed by atoms with Crippen molar-refractivity contribution in [3.05, 3.63) is 30.1 Å². The number of sulfonamides is 1. The molecule has 0 radical (unpaired) electrons. The lowest BCUT2D eigenvalue weighted by molar-refractivity contribution is -0.130. The van der Waals surface area contributed by atoms with E-state index in [1.165, 1.54) is 12.1 Å². The highest BCUT2D eigenvalue weighted by molar-refractivity contribution is 7.89. The van der Waals surface area contributed by atoms with Gasteiger partial charge in [0.05, 0.1) is 17.5 Å². The highest BCUT2D eigenvalue weighted by atomic mass is 32.2. The van der Waals surface area contributed by atoms with Gasteiger partial charge in [0.15, 0.2) is 0 Å². The predicted octanol–water partition coefficient (Wildman–Crippen LogP) is 2.57. The van der Waals surface area contributed by atoms with E-state index in [1.807, 2.05) is 4.90 Å². The molecule has 1 aromatic carbocycles. The van der Waals surface area contributed by atoms with E-state index in [-0.39, 0.29) is 28.9 Å². The van der Waals surface area contributed by atoms with Crippen molar-refractivity contribution in [2.75, 3.05) is 13.1 Å². The van der Waals surface area contributed by atoms with Crippen molar-refractivity contribution in [1.29, 1.82) is 5.41 Å². The number of benzene rings is 1. The molecule has 170 valence electrons. The van der Waals surface area contributed by atoms with E-state index < -0.39 is 21.4 Å². The average molecular weight is 451 g/mol. The second kappa shape index (κ2) is 8.26. The third-order valence-corrected chi connectivity index (χ3v) is 9.00. The molecule has 3 aliphatic carbocycles. The van der Waals surface area contributed by atoms with Crippen molar-refractivity contribution >= 4 is 21.6 Å². The van der Waals surface area contributed by atoms with Crippen LogP contribution < -0.4 is 10.0 Å². The maximum atomic E-state index is 13.2. The van der Waals surface area contributed by atoms with E-state index in [2.05, 4.69) is 10.0 Å². The summed E-state index contributed by atoms with van der Waals surface area (Å²) in [5.74, 6) is -0.420.